The van der Waals surface area contributed by atoms with E-state index in [2.05, 4.69) is 22.9 Å². The van der Waals surface area contributed by atoms with Gasteiger partial charge in [0.15, 0.2) is 0 Å². The summed E-state index contributed by atoms with van der Waals surface area (Å²) >= 11 is 3.53. The molecule has 28 heavy (non-hydrogen) atoms. The fraction of sp³-hybridized carbons (Fsp3) is 0.391. The zero-order valence-corrected chi connectivity index (χ0v) is 18.8. The Bertz CT molecular complexity index is 918. The predicted molar refractivity (Wildman–Crippen MR) is 117 cm³/mol. The van der Waals surface area contributed by atoms with Crippen LogP contribution in [-0.4, -0.2) is 19.9 Å². The number of sulfone groups is 1. The van der Waals surface area contributed by atoms with Gasteiger partial charge in [-0.25, -0.2) is 8.42 Å². The van der Waals surface area contributed by atoms with Gasteiger partial charge in [-0.1, -0.05) is 77.3 Å². The maximum absolute atomic E-state index is 13.7. The molecule has 0 N–H and O–H groups in total. The lowest BCUT2D eigenvalue weighted by Gasteiger charge is -2.34. The first kappa shape index (κ1) is 21.3. The zero-order valence-electron chi connectivity index (χ0n) is 16.4. The lowest BCUT2D eigenvalue weighted by Crippen LogP contribution is -2.30. The van der Waals surface area contributed by atoms with Gasteiger partial charge in [0.2, 0.25) is 9.84 Å². The van der Waals surface area contributed by atoms with Gasteiger partial charge in [-0.3, -0.25) is 0 Å². The highest BCUT2D eigenvalue weighted by Crippen LogP contribution is 2.43. The first-order chi connectivity index (χ1) is 13.5. The normalized spacial score (nSPS) is 20.4. The molecule has 0 bridgehead atoms. The molecule has 5 heteroatoms. The standard InChI is InChI=1S/C23H27BrO3S/c1-3-4-8-19-15-20(16-24)27-22(18-9-6-5-7-10-18)23(19)28(25,26)21-13-11-17(2)12-14-21/h5-7,9-14,20,22H,3-4,8,15-16H2,1-2H3/t20-,22-/m0/s1. The molecule has 1 aliphatic rings. The molecule has 0 spiro atoms. The van der Waals surface area contributed by atoms with Crippen LogP contribution in [0.3, 0.4) is 0 Å². The average molecular weight is 463 g/mol. The Morgan fingerprint density at radius 3 is 2.36 bits per heavy atom. The Morgan fingerprint density at radius 1 is 1.07 bits per heavy atom. The highest BCUT2D eigenvalue weighted by Gasteiger charge is 2.38. The van der Waals surface area contributed by atoms with Gasteiger partial charge < -0.3 is 4.74 Å². The second-order valence-corrected chi connectivity index (χ2v) is 9.86. The van der Waals surface area contributed by atoms with Crippen LogP contribution in [0.25, 0.3) is 0 Å². The minimum Gasteiger partial charge on any atom is -0.364 e. The van der Waals surface area contributed by atoms with Crippen molar-refractivity contribution >= 4 is 25.8 Å². The smallest absolute Gasteiger partial charge is 0.205 e. The van der Waals surface area contributed by atoms with Crippen molar-refractivity contribution in [3.8, 4) is 0 Å². The van der Waals surface area contributed by atoms with E-state index >= 15 is 0 Å². The maximum Gasteiger partial charge on any atom is 0.205 e. The maximum atomic E-state index is 13.7. The molecular formula is C23H27BrO3S. The first-order valence-corrected chi connectivity index (χ1v) is 12.4. The van der Waals surface area contributed by atoms with Crippen LogP contribution in [0.5, 0.6) is 0 Å². The van der Waals surface area contributed by atoms with Crippen molar-refractivity contribution < 1.29 is 13.2 Å². The Hall–Kier alpha value is -1.43. The van der Waals surface area contributed by atoms with Crippen LogP contribution >= 0.6 is 15.9 Å². The third kappa shape index (κ3) is 4.58. The van der Waals surface area contributed by atoms with Gasteiger partial charge >= 0.3 is 0 Å². The summed E-state index contributed by atoms with van der Waals surface area (Å²) in [6.07, 6.45) is 2.82. The lowest BCUT2D eigenvalue weighted by atomic mass is 9.95. The molecule has 150 valence electrons. The van der Waals surface area contributed by atoms with Crippen molar-refractivity contribution in [2.45, 2.75) is 56.6 Å². The summed E-state index contributed by atoms with van der Waals surface area (Å²) in [5.74, 6) is 0. The summed E-state index contributed by atoms with van der Waals surface area (Å²) < 4.78 is 33.7. The van der Waals surface area contributed by atoms with E-state index in [1.807, 2.05) is 49.4 Å². The van der Waals surface area contributed by atoms with Crippen molar-refractivity contribution in [2.24, 2.45) is 0 Å². The number of hydrogen-bond donors (Lipinski definition) is 0. The molecular weight excluding hydrogens is 436 g/mol. The van der Waals surface area contributed by atoms with E-state index in [9.17, 15) is 8.42 Å². The number of hydrogen-bond acceptors (Lipinski definition) is 3. The molecule has 0 aliphatic carbocycles. The average Bonchev–Trinajstić information content (AvgIpc) is 2.72. The molecule has 3 rings (SSSR count). The summed E-state index contributed by atoms with van der Waals surface area (Å²) in [6.45, 7) is 4.09. The Labute approximate surface area is 176 Å². The van der Waals surface area contributed by atoms with E-state index in [0.717, 1.165) is 36.0 Å². The molecule has 0 saturated carbocycles. The van der Waals surface area contributed by atoms with Crippen LogP contribution in [0, 0.1) is 6.92 Å². The van der Waals surface area contributed by atoms with Crippen LogP contribution < -0.4 is 0 Å². The molecule has 2 atom stereocenters. The van der Waals surface area contributed by atoms with E-state index < -0.39 is 15.9 Å². The SMILES string of the molecule is CCCCC1=C(S(=O)(=O)c2ccc(C)cc2)[C@H](c2ccccc2)O[C@H](CBr)C1. The Balaban J connectivity index is 2.17. The summed E-state index contributed by atoms with van der Waals surface area (Å²) in [5, 5.41) is 0.684. The van der Waals surface area contributed by atoms with Crippen molar-refractivity contribution in [1.82, 2.24) is 0 Å². The molecule has 0 aromatic heterocycles. The molecule has 0 radical (unpaired) electrons. The highest BCUT2D eigenvalue weighted by atomic mass is 79.9. The number of aryl methyl sites for hydroxylation is 1. The van der Waals surface area contributed by atoms with Gasteiger partial charge in [0.1, 0.15) is 6.10 Å². The molecule has 0 unspecified atom stereocenters. The van der Waals surface area contributed by atoms with E-state index in [4.69, 9.17) is 4.74 Å². The highest BCUT2D eigenvalue weighted by molar-refractivity contribution is 9.09. The van der Waals surface area contributed by atoms with Crippen molar-refractivity contribution in [2.75, 3.05) is 5.33 Å². The number of benzene rings is 2. The number of unbranched alkanes of at least 4 members (excludes halogenated alkanes) is 1. The van der Waals surface area contributed by atoms with Crippen LogP contribution in [0.1, 0.15) is 49.8 Å². The van der Waals surface area contributed by atoms with Gasteiger partial charge in [-0.15, -0.1) is 0 Å². The topological polar surface area (TPSA) is 43.4 Å². The van der Waals surface area contributed by atoms with E-state index in [1.54, 1.807) is 12.1 Å². The minimum absolute atomic E-state index is 0.0333. The molecule has 2 aromatic carbocycles. The van der Waals surface area contributed by atoms with E-state index in [0.29, 0.717) is 21.6 Å². The second-order valence-electron chi connectivity index (χ2n) is 7.30. The van der Waals surface area contributed by atoms with E-state index in [-0.39, 0.29) is 6.10 Å². The van der Waals surface area contributed by atoms with Crippen LogP contribution in [-0.2, 0) is 14.6 Å². The Morgan fingerprint density at radius 2 is 1.75 bits per heavy atom. The number of rotatable bonds is 7. The summed E-state index contributed by atoms with van der Waals surface area (Å²) in [5.41, 5.74) is 2.93. The van der Waals surface area contributed by atoms with Gasteiger partial charge in [0, 0.05) is 5.33 Å². The molecule has 0 fully saturated rings. The van der Waals surface area contributed by atoms with Gasteiger partial charge in [-0.2, -0.15) is 0 Å². The molecule has 0 amide bonds. The van der Waals surface area contributed by atoms with Crippen LogP contribution in [0.2, 0.25) is 0 Å². The third-order valence-corrected chi connectivity index (χ3v) is 7.81. The quantitative estimate of drug-likeness (QED) is 0.464. The first-order valence-electron chi connectivity index (χ1n) is 9.77. The van der Waals surface area contributed by atoms with Gasteiger partial charge in [0.05, 0.1) is 15.9 Å². The van der Waals surface area contributed by atoms with Crippen molar-refractivity contribution in [3.63, 3.8) is 0 Å². The molecule has 1 aliphatic heterocycles. The monoisotopic (exact) mass is 462 g/mol. The summed E-state index contributed by atoms with van der Waals surface area (Å²) in [6, 6.07) is 16.8. The fourth-order valence-electron chi connectivity index (χ4n) is 3.60. The van der Waals surface area contributed by atoms with Crippen molar-refractivity contribution in [3.05, 3.63) is 76.2 Å². The van der Waals surface area contributed by atoms with Crippen LogP contribution in [0.4, 0.5) is 0 Å². The summed E-state index contributed by atoms with van der Waals surface area (Å²) in [7, 11) is -3.65. The summed E-state index contributed by atoms with van der Waals surface area (Å²) in [4.78, 5) is 0.775. The molecule has 1 heterocycles. The van der Waals surface area contributed by atoms with E-state index in [1.165, 1.54) is 0 Å². The number of ether oxygens (including phenoxy) is 1. The zero-order chi connectivity index (χ0) is 20.1. The molecule has 0 saturated heterocycles. The van der Waals surface area contributed by atoms with Gasteiger partial charge in [-0.05, 0) is 49.5 Å². The fourth-order valence-corrected chi connectivity index (χ4v) is 5.77. The molecule has 2 aromatic rings. The second kappa shape index (κ2) is 9.38. The third-order valence-electron chi connectivity index (χ3n) is 5.12. The largest absolute Gasteiger partial charge is 0.364 e. The molecule has 3 nitrogen and oxygen atoms in total. The van der Waals surface area contributed by atoms with Gasteiger partial charge in [0.25, 0.3) is 0 Å². The predicted octanol–water partition coefficient (Wildman–Crippen LogP) is 6.14. The van der Waals surface area contributed by atoms with Crippen LogP contribution in [0.15, 0.2) is 70.0 Å². The number of alkyl halides is 1. The minimum atomic E-state index is -3.65. The Kier molecular flexibility index (Phi) is 7.13. The lowest BCUT2D eigenvalue weighted by molar-refractivity contribution is 0.0126. The van der Waals surface area contributed by atoms with Crippen molar-refractivity contribution in [1.29, 1.82) is 0 Å². The number of halogens is 1.